The van der Waals surface area contributed by atoms with Crippen LogP contribution in [0.5, 0.6) is 0 Å². The number of unbranched alkanes of at least 4 members (excludes halogenated alkanes) is 2. The first-order valence-corrected chi connectivity index (χ1v) is 12.0. The van der Waals surface area contributed by atoms with Crippen LogP contribution in [0.4, 0.5) is 24.5 Å². The highest BCUT2D eigenvalue weighted by Crippen LogP contribution is 2.29. The van der Waals surface area contributed by atoms with Gasteiger partial charge in [-0.15, -0.1) is 0 Å². The van der Waals surface area contributed by atoms with E-state index in [1.54, 1.807) is 48.5 Å². The number of alkyl halides is 3. The van der Waals surface area contributed by atoms with E-state index in [0.717, 1.165) is 24.3 Å². The summed E-state index contributed by atoms with van der Waals surface area (Å²) in [5.41, 5.74) is 0.643. The number of carbonyl (C=O) groups excluding carboxylic acids is 4. The van der Waals surface area contributed by atoms with Crippen molar-refractivity contribution in [3.05, 3.63) is 95.1 Å². The molecule has 0 radical (unpaired) electrons. The van der Waals surface area contributed by atoms with E-state index in [1.165, 1.54) is 4.90 Å². The number of halogens is 3. The molecule has 4 rings (SSSR count). The quantitative estimate of drug-likeness (QED) is 0.276. The van der Waals surface area contributed by atoms with Crippen LogP contribution in [0.1, 0.15) is 62.3 Å². The van der Waals surface area contributed by atoms with Gasteiger partial charge in [0.2, 0.25) is 5.91 Å². The second-order valence-corrected chi connectivity index (χ2v) is 8.74. The standard InChI is InChI=1S/C28H24F3N3O4/c29-28(30,31)19-15-13-18(14-16-19)25(36)33-23-11-6-5-10-22(23)32-24(35)12-2-1-7-17-34-26(37)20-8-3-4-9-21(20)27(34)38/h3-6,8-11,13-16H,1-2,7,12,17H2,(H,32,35)(H,33,36). The second kappa shape index (κ2) is 11.3. The molecule has 0 saturated carbocycles. The number of benzene rings is 3. The van der Waals surface area contributed by atoms with Crippen LogP contribution in [0.25, 0.3) is 0 Å². The van der Waals surface area contributed by atoms with Crippen molar-refractivity contribution in [2.45, 2.75) is 31.9 Å². The molecule has 0 unspecified atom stereocenters. The van der Waals surface area contributed by atoms with Crippen molar-refractivity contribution in [2.24, 2.45) is 0 Å². The van der Waals surface area contributed by atoms with Crippen LogP contribution in [-0.2, 0) is 11.0 Å². The van der Waals surface area contributed by atoms with Crippen LogP contribution in [0, 0.1) is 0 Å². The number of hydrogen-bond acceptors (Lipinski definition) is 4. The summed E-state index contributed by atoms with van der Waals surface area (Å²) in [6, 6.07) is 17.0. The Morgan fingerprint density at radius 3 is 1.84 bits per heavy atom. The molecule has 1 aliphatic heterocycles. The minimum absolute atomic E-state index is 0.0391. The molecule has 3 aromatic rings. The molecule has 0 atom stereocenters. The fraction of sp³-hybridized carbons (Fsp3) is 0.214. The van der Waals surface area contributed by atoms with Crippen molar-refractivity contribution >= 4 is 35.0 Å². The lowest BCUT2D eigenvalue weighted by molar-refractivity contribution is -0.137. The van der Waals surface area contributed by atoms with Crippen LogP contribution in [0.2, 0.25) is 0 Å². The predicted molar refractivity (Wildman–Crippen MR) is 135 cm³/mol. The van der Waals surface area contributed by atoms with Gasteiger partial charge in [-0.1, -0.05) is 30.7 Å². The summed E-state index contributed by atoms with van der Waals surface area (Å²) in [5.74, 6) is -1.52. The molecule has 4 amide bonds. The summed E-state index contributed by atoms with van der Waals surface area (Å²) in [6.07, 6.45) is -2.62. The first kappa shape index (κ1) is 26.6. The molecule has 38 heavy (non-hydrogen) atoms. The first-order chi connectivity index (χ1) is 18.1. The minimum atomic E-state index is -4.50. The number of nitrogens with one attached hydrogen (secondary N) is 2. The summed E-state index contributed by atoms with van der Waals surface area (Å²) in [4.78, 5) is 51.0. The molecule has 0 saturated heterocycles. The number of carbonyl (C=O) groups is 4. The Morgan fingerprint density at radius 2 is 1.26 bits per heavy atom. The average molecular weight is 524 g/mol. The number of para-hydroxylation sites is 2. The molecule has 1 aliphatic rings. The Balaban J connectivity index is 1.24. The summed E-state index contributed by atoms with van der Waals surface area (Å²) >= 11 is 0. The van der Waals surface area contributed by atoms with E-state index in [9.17, 15) is 32.3 Å². The highest BCUT2D eigenvalue weighted by Gasteiger charge is 2.34. The normalized spacial score (nSPS) is 12.9. The SMILES string of the molecule is O=C(CCCCCN1C(=O)c2ccccc2C1=O)Nc1ccccc1NC(=O)c1ccc(C(F)(F)F)cc1. The molecule has 10 heteroatoms. The van der Waals surface area contributed by atoms with Gasteiger partial charge in [-0.25, -0.2) is 0 Å². The highest BCUT2D eigenvalue weighted by molar-refractivity contribution is 6.21. The summed E-state index contributed by atoms with van der Waals surface area (Å²) in [6.45, 7) is 0.271. The zero-order valence-electron chi connectivity index (χ0n) is 20.2. The number of hydrogen-bond donors (Lipinski definition) is 2. The molecule has 1 heterocycles. The number of amides is 4. The molecule has 0 spiro atoms. The highest BCUT2D eigenvalue weighted by atomic mass is 19.4. The molecular weight excluding hydrogens is 499 g/mol. The number of nitrogens with zero attached hydrogens (tertiary/aromatic N) is 1. The average Bonchev–Trinajstić information content (AvgIpc) is 3.14. The van der Waals surface area contributed by atoms with E-state index >= 15 is 0 Å². The van der Waals surface area contributed by atoms with Crippen molar-refractivity contribution < 1.29 is 32.3 Å². The molecule has 0 bridgehead atoms. The Labute approximate surface area is 216 Å². The third-order valence-corrected chi connectivity index (χ3v) is 6.09. The smallest absolute Gasteiger partial charge is 0.324 e. The van der Waals surface area contributed by atoms with Gasteiger partial charge >= 0.3 is 6.18 Å². The van der Waals surface area contributed by atoms with Crippen molar-refractivity contribution in [1.82, 2.24) is 4.90 Å². The summed E-state index contributed by atoms with van der Waals surface area (Å²) in [5, 5.41) is 5.34. The molecule has 2 N–H and O–H groups in total. The van der Waals surface area contributed by atoms with Gasteiger partial charge in [0.15, 0.2) is 0 Å². The van der Waals surface area contributed by atoms with E-state index < -0.39 is 17.6 Å². The zero-order valence-corrected chi connectivity index (χ0v) is 20.2. The van der Waals surface area contributed by atoms with Gasteiger partial charge in [0.25, 0.3) is 17.7 Å². The molecule has 7 nitrogen and oxygen atoms in total. The molecule has 0 fully saturated rings. The monoisotopic (exact) mass is 523 g/mol. The third-order valence-electron chi connectivity index (χ3n) is 6.09. The maximum atomic E-state index is 12.8. The Kier molecular flexibility index (Phi) is 7.90. The van der Waals surface area contributed by atoms with Crippen LogP contribution >= 0.6 is 0 Å². The van der Waals surface area contributed by atoms with Gasteiger partial charge in [-0.05, 0) is 61.4 Å². The van der Waals surface area contributed by atoms with Gasteiger partial charge in [0.1, 0.15) is 0 Å². The lowest BCUT2D eigenvalue weighted by Gasteiger charge is -2.14. The lowest BCUT2D eigenvalue weighted by atomic mass is 10.1. The number of anilines is 2. The number of rotatable bonds is 9. The minimum Gasteiger partial charge on any atom is -0.324 e. The topological polar surface area (TPSA) is 95.6 Å². The van der Waals surface area contributed by atoms with Crippen LogP contribution in [0.15, 0.2) is 72.8 Å². The molecule has 3 aromatic carbocycles. The summed E-state index contributed by atoms with van der Waals surface area (Å²) in [7, 11) is 0. The van der Waals surface area contributed by atoms with Gasteiger partial charge in [-0.3, -0.25) is 24.1 Å². The van der Waals surface area contributed by atoms with Crippen LogP contribution in [-0.4, -0.2) is 35.1 Å². The number of imide groups is 1. The van der Waals surface area contributed by atoms with Crippen molar-refractivity contribution in [3.8, 4) is 0 Å². The maximum Gasteiger partial charge on any atom is 0.416 e. The molecular formula is C28H24F3N3O4. The van der Waals surface area contributed by atoms with Crippen molar-refractivity contribution in [2.75, 3.05) is 17.2 Å². The van der Waals surface area contributed by atoms with E-state index in [1.807, 2.05) is 0 Å². The largest absolute Gasteiger partial charge is 0.416 e. The maximum absolute atomic E-state index is 12.8. The zero-order chi connectivity index (χ0) is 27.3. The predicted octanol–water partition coefficient (Wildman–Crippen LogP) is 5.75. The van der Waals surface area contributed by atoms with E-state index in [0.29, 0.717) is 41.8 Å². The van der Waals surface area contributed by atoms with E-state index in [-0.39, 0.29) is 36.3 Å². The van der Waals surface area contributed by atoms with Gasteiger partial charge in [0, 0.05) is 18.5 Å². The Bertz CT molecular complexity index is 1340. The van der Waals surface area contributed by atoms with Crippen molar-refractivity contribution in [3.63, 3.8) is 0 Å². The molecule has 0 aromatic heterocycles. The molecule has 0 aliphatic carbocycles. The van der Waals surface area contributed by atoms with Crippen LogP contribution < -0.4 is 10.6 Å². The van der Waals surface area contributed by atoms with E-state index in [4.69, 9.17) is 0 Å². The Hall–Kier alpha value is -4.47. The van der Waals surface area contributed by atoms with E-state index in [2.05, 4.69) is 10.6 Å². The van der Waals surface area contributed by atoms with Crippen LogP contribution in [0.3, 0.4) is 0 Å². The fourth-order valence-corrected chi connectivity index (χ4v) is 4.09. The van der Waals surface area contributed by atoms with Crippen molar-refractivity contribution in [1.29, 1.82) is 0 Å². The lowest BCUT2D eigenvalue weighted by Crippen LogP contribution is -2.30. The van der Waals surface area contributed by atoms with Gasteiger partial charge in [0.05, 0.1) is 28.1 Å². The third kappa shape index (κ3) is 6.08. The number of fused-ring (bicyclic) bond motifs is 1. The first-order valence-electron chi connectivity index (χ1n) is 12.0. The van der Waals surface area contributed by atoms with Gasteiger partial charge < -0.3 is 10.6 Å². The fourth-order valence-electron chi connectivity index (χ4n) is 4.09. The molecule has 196 valence electrons. The second-order valence-electron chi connectivity index (χ2n) is 8.74. The van der Waals surface area contributed by atoms with Gasteiger partial charge in [-0.2, -0.15) is 13.2 Å². The Morgan fingerprint density at radius 1 is 0.711 bits per heavy atom. The summed E-state index contributed by atoms with van der Waals surface area (Å²) < 4.78 is 38.3.